The Kier molecular flexibility index (Phi) is 3.84. The molecule has 0 saturated carbocycles. The Morgan fingerprint density at radius 3 is 3.06 bits per heavy atom. The van der Waals surface area contributed by atoms with Gasteiger partial charge in [0.1, 0.15) is 11.0 Å². The number of ether oxygens (including phenoxy) is 1. The second kappa shape index (κ2) is 5.55. The van der Waals surface area contributed by atoms with Gasteiger partial charge in [-0.3, -0.25) is 0 Å². The molecule has 0 bridgehead atoms. The van der Waals surface area contributed by atoms with Gasteiger partial charge in [0.15, 0.2) is 0 Å². The van der Waals surface area contributed by atoms with Crippen LogP contribution in [0.4, 0.5) is 10.5 Å². The molecule has 0 radical (unpaired) electrons. The molecule has 7 heteroatoms. The molecule has 17 heavy (non-hydrogen) atoms. The third-order valence-electron chi connectivity index (χ3n) is 2.10. The molecular formula is C10H12N4O2S. The molecular weight excluding hydrogens is 240 g/mol. The summed E-state index contributed by atoms with van der Waals surface area (Å²) in [6.45, 7) is 0.964. The van der Waals surface area contributed by atoms with Crippen molar-refractivity contribution >= 4 is 34.5 Å². The molecule has 2 rings (SSSR count). The lowest BCUT2D eigenvalue weighted by Gasteiger charge is -2.06. The van der Waals surface area contributed by atoms with Gasteiger partial charge in [0, 0.05) is 19.3 Å². The van der Waals surface area contributed by atoms with E-state index in [1.54, 1.807) is 19.2 Å². The van der Waals surface area contributed by atoms with Crippen molar-refractivity contribution in [3.63, 3.8) is 0 Å². The number of anilines is 1. The maximum atomic E-state index is 11.5. The predicted octanol–water partition coefficient (Wildman–Crippen LogP) is 1.46. The zero-order valence-electron chi connectivity index (χ0n) is 9.27. The van der Waals surface area contributed by atoms with Gasteiger partial charge < -0.3 is 15.4 Å². The van der Waals surface area contributed by atoms with E-state index in [0.717, 1.165) is 22.8 Å². The number of nitrogens with zero attached hydrogens (tertiary/aromatic N) is 2. The van der Waals surface area contributed by atoms with Crippen molar-refractivity contribution in [2.45, 2.75) is 0 Å². The minimum Gasteiger partial charge on any atom is -0.383 e. The van der Waals surface area contributed by atoms with E-state index in [2.05, 4.69) is 19.4 Å². The number of carbonyl (C=O) groups excluding carboxylic acids is 1. The Hall–Kier alpha value is -1.73. The average Bonchev–Trinajstić information content (AvgIpc) is 2.76. The van der Waals surface area contributed by atoms with Crippen LogP contribution in [0, 0.1) is 0 Å². The summed E-state index contributed by atoms with van der Waals surface area (Å²) in [4.78, 5) is 11.5. The summed E-state index contributed by atoms with van der Waals surface area (Å²) in [7, 11) is 1.59. The van der Waals surface area contributed by atoms with Gasteiger partial charge in [-0.1, -0.05) is 0 Å². The summed E-state index contributed by atoms with van der Waals surface area (Å²) in [5.41, 5.74) is 2.31. The van der Waals surface area contributed by atoms with Gasteiger partial charge in [-0.2, -0.15) is 8.75 Å². The molecule has 2 amide bonds. The molecule has 6 nitrogen and oxygen atoms in total. The van der Waals surface area contributed by atoms with Gasteiger partial charge in [0.2, 0.25) is 0 Å². The minimum atomic E-state index is -0.260. The molecule has 0 aliphatic carbocycles. The van der Waals surface area contributed by atoms with Crippen molar-refractivity contribution in [2.24, 2.45) is 0 Å². The number of nitrogens with one attached hydrogen (secondary N) is 2. The lowest BCUT2D eigenvalue weighted by Crippen LogP contribution is -2.31. The molecule has 2 N–H and O–H groups in total. The topological polar surface area (TPSA) is 76.1 Å². The summed E-state index contributed by atoms with van der Waals surface area (Å²) in [6, 6.07) is 5.14. The predicted molar refractivity (Wildman–Crippen MR) is 66.3 cm³/mol. The van der Waals surface area contributed by atoms with E-state index in [9.17, 15) is 4.79 Å². The molecule has 2 aromatic rings. The summed E-state index contributed by atoms with van der Waals surface area (Å²) in [5.74, 6) is 0. The zero-order chi connectivity index (χ0) is 12.1. The first kappa shape index (κ1) is 11.7. The molecule has 0 aliphatic rings. The van der Waals surface area contributed by atoms with Crippen molar-refractivity contribution in [3.8, 4) is 0 Å². The van der Waals surface area contributed by atoms with Crippen molar-refractivity contribution in [1.82, 2.24) is 14.1 Å². The van der Waals surface area contributed by atoms with Crippen LogP contribution in [0.15, 0.2) is 18.2 Å². The Morgan fingerprint density at radius 2 is 2.24 bits per heavy atom. The number of carbonyl (C=O) groups is 1. The molecule has 0 unspecified atom stereocenters. The quantitative estimate of drug-likeness (QED) is 0.808. The van der Waals surface area contributed by atoms with Crippen molar-refractivity contribution in [3.05, 3.63) is 18.2 Å². The lowest BCUT2D eigenvalue weighted by molar-refractivity contribution is 0.198. The maximum absolute atomic E-state index is 11.5. The molecule has 0 spiro atoms. The van der Waals surface area contributed by atoms with Crippen molar-refractivity contribution in [2.75, 3.05) is 25.6 Å². The smallest absolute Gasteiger partial charge is 0.319 e. The number of rotatable bonds is 4. The third kappa shape index (κ3) is 3.11. The van der Waals surface area contributed by atoms with E-state index in [4.69, 9.17) is 4.74 Å². The fourth-order valence-electron chi connectivity index (χ4n) is 1.30. The van der Waals surface area contributed by atoms with E-state index in [1.165, 1.54) is 0 Å². The number of methoxy groups -OCH3 is 1. The summed E-state index contributed by atoms with van der Waals surface area (Å²) < 4.78 is 13.0. The molecule has 0 aliphatic heterocycles. The molecule has 1 aromatic heterocycles. The Balaban J connectivity index is 1.95. The normalized spacial score (nSPS) is 10.4. The SMILES string of the molecule is COCCNC(=O)Nc1ccc2nsnc2c1. The number of urea groups is 1. The first-order valence-electron chi connectivity index (χ1n) is 5.05. The maximum Gasteiger partial charge on any atom is 0.319 e. The highest BCUT2D eigenvalue weighted by Gasteiger charge is 2.03. The fourth-order valence-corrected chi connectivity index (χ4v) is 1.82. The molecule has 0 saturated heterocycles. The second-order valence-electron chi connectivity index (χ2n) is 3.34. The summed E-state index contributed by atoms with van der Waals surface area (Å²) in [6.07, 6.45) is 0. The van der Waals surface area contributed by atoms with Crippen LogP contribution in [0.5, 0.6) is 0 Å². The highest BCUT2D eigenvalue weighted by molar-refractivity contribution is 7.00. The Morgan fingerprint density at radius 1 is 1.41 bits per heavy atom. The molecule has 0 fully saturated rings. The zero-order valence-corrected chi connectivity index (χ0v) is 10.1. The van der Waals surface area contributed by atoms with E-state index in [-0.39, 0.29) is 6.03 Å². The largest absolute Gasteiger partial charge is 0.383 e. The van der Waals surface area contributed by atoms with Crippen LogP contribution in [0.1, 0.15) is 0 Å². The van der Waals surface area contributed by atoms with Crippen LogP contribution in [-0.2, 0) is 4.74 Å². The van der Waals surface area contributed by atoms with Gasteiger partial charge >= 0.3 is 6.03 Å². The van der Waals surface area contributed by atoms with E-state index >= 15 is 0 Å². The average molecular weight is 252 g/mol. The summed E-state index contributed by atoms with van der Waals surface area (Å²) in [5, 5.41) is 5.38. The van der Waals surface area contributed by atoms with Gasteiger partial charge in [0.05, 0.1) is 18.3 Å². The van der Waals surface area contributed by atoms with Gasteiger partial charge in [0.25, 0.3) is 0 Å². The van der Waals surface area contributed by atoms with Crippen molar-refractivity contribution in [1.29, 1.82) is 0 Å². The number of amides is 2. The van der Waals surface area contributed by atoms with Crippen LogP contribution in [0.3, 0.4) is 0 Å². The van der Waals surface area contributed by atoms with Crippen LogP contribution in [-0.4, -0.2) is 35.0 Å². The Labute approximate surface area is 102 Å². The lowest BCUT2D eigenvalue weighted by atomic mass is 10.3. The monoisotopic (exact) mass is 252 g/mol. The van der Waals surface area contributed by atoms with Crippen LogP contribution < -0.4 is 10.6 Å². The minimum absolute atomic E-state index is 0.260. The molecule has 1 aromatic carbocycles. The molecule has 1 heterocycles. The van der Waals surface area contributed by atoms with Gasteiger partial charge in [-0.15, -0.1) is 0 Å². The van der Waals surface area contributed by atoms with E-state index < -0.39 is 0 Å². The van der Waals surface area contributed by atoms with Gasteiger partial charge in [-0.05, 0) is 18.2 Å². The number of benzene rings is 1. The Bertz CT molecular complexity index is 514. The second-order valence-corrected chi connectivity index (χ2v) is 3.87. The number of hydrogen-bond acceptors (Lipinski definition) is 5. The standard InChI is InChI=1S/C10H12N4O2S/c1-16-5-4-11-10(15)12-7-2-3-8-9(6-7)14-17-13-8/h2-3,6H,4-5H2,1H3,(H2,11,12,15). The summed E-state index contributed by atoms with van der Waals surface area (Å²) >= 11 is 1.15. The van der Waals surface area contributed by atoms with Crippen LogP contribution >= 0.6 is 11.7 Å². The van der Waals surface area contributed by atoms with E-state index in [0.29, 0.717) is 18.8 Å². The number of hydrogen-bond donors (Lipinski definition) is 2. The van der Waals surface area contributed by atoms with Crippen LogP contribution in [0.25, 0.3) is 11.0 Å². The van der Waals surface area contributed by atoms with Crippen molar-refractivity contribution < 1.29 is 9.53 Å². The fraction of sp³-hybridized carbons (Fsp3) is 0.300. The van der Waals surface area contributed by atoms with Crippen LogP contribution in [0.2, 0.25) is 0 Å². The first-order chi connectivity index (χ1) is 8.29. The molecule has 0 atom stereocenters. The highest BCUT2D eigenvalue weighted by atomic mass is 32.1. The van der Waals surface area contributed by atoms with Gasteiger partial charge in [-0.25, -0.2) is 4.79 Å². The highest BCUT2D eigenvalue weighted by Crippen LogP contribution is 2.16. The molecule has 90 valence electrons. The number of aromatic nitrogens is 2. The third-order valence-corrected chi connectivity index (χ3v) is 2.66. The van der Waals surface area contributed by atoms with E-state index in [1.807, 2.05) is 6.07 Å². The first-order valence-corrected chi connectivity index (χ1v) is 5.79. The number of fused-ring (bicyclic) bond motifs is 1.